The van der Waals surface area contributed by atoms with Crippen molar-refractivity contribution in [1.29, 1.82) is 0 Å². The average Bonchev–Trinajstić information content (AvgIpc) is 2.73. The molecule has 0 bridgehead atoms. The summed E-state index contributed by atoms with van der Waals surface area (Å²) < 4.78 is 31.9. The SMILES string of the molecule is COc1ccc(CNC(=O)C[NH+]2CCN(S(=O)(=O)Cc3ccccc3)CC2)cc1. The van der Waals surface area contributed by atoms with Crippen LogP contribution in [0, 0.1) is 0 Å². The van der Waals surface area contributed by atoms with Crippen LogP contribution < -0.4 is 15.0 Å². The lowest BCUT2D eigenvalue weighted by molar-refractivity contribution is -0.895. The number of methoxy groups -OCH3 is 1. The number of nitrogens with one attached hydrogen (secondary N) is 2. The summed E-state index contributed by atoms with van der Waals surface area (Å²) in [6, 6.07) is 16.8. The van der Waals surface area contributed by atoms with Gasteiger partial charge < -0.3 is 15.0 Å². The van der Waals surface area contributed by atoms with E-state index in [1.54, 1.807) is 11.4 Å². The molecule has 0 unspecified atom stereocenters. The highest BCUT2D eigenvalue weighted by atomic mass is 32.2. The van der Waals surface area contributed by atoms with Crippen molar-refractivity contribution in [3.63, 3.8) is 0 Å². The van der Waals surface area contributed by atoms with Gasteiger partial charge in [0.15, 0.2) is 6.54 Å². The van der Waals surface area contributed by atoms with Crippen LogP contribution in [0.5, 0.6) is 5.75 Å². The van der Waals surface area contributed by atoms with Crippen molar-refractivity contribution in [2.45, 2.75) is 12.3 Å². The molecule has 7 nitrogen and oxygen atoms in total. The van der Waals surface area contributed by atoms with Crippen LogP contribution in [0.15, 0.2) is 54.6 Å². The van der Waals surface area contributed by atoms with Gasteiger partial charge in [-0.15, -0.1) is 0 Å². The van der Waals surface area contributed by atoms with E-state index in [9.17, 15) is 13.2 Å². The van der Waals surface area contributed by atoms with Gasteiger partial charge in [-0.3, -0.25) is 4.79 Å². The van der Waals surface area contributed by atoms with Gasteiger partial charge in [0.2, 0.25) is 10.0 Å². The molecule has 1 fully saturated rings. The van der Waals surface area contributed by atoms with E-state index in [-0.39, 0.29) is 11.7 Å². The van der Waals surface area contributed by atoms with Gasteiger partial charge in [-0.05, 0) is 23.3 Å². The maximum atomic E-state index is 12.6. The summed E-state index contributed by atoms with van der Waals surface area (Å²) >= 11 is 0. The number of carbonyl (C=O) groups excluding carboxylic acids is 1. The van der Waals surface area contributed by atoms with E-state index in [4.69, 9.17) is 4.74 Å². The molecule has 0 radical (unpaired) electrons. The highest BCUT2D eigenvalue weighted by molar-refractivity contribution is 7.88. The Kier molecular flexibility index (Phi) is 7.24. The highest BCUT2D eigenvalue weighted by Crippen LogP contribution is 2.11. The lowest BCUT2D eigenvalue weighted by atomic mass is 10.2. The number of carbonyl (C=O) groups is 1. The number of hydrogen-bond acceptors (Lipinski definition) is 4. The smallest absolute Gasteiger partial charge is 0.275 e. The molecule has 1 aliphatic rings. The van der Waals surface area contributed by atoms with Gasteiger partial charge in [0.1, 0.15) is 5.75 Å². The highest BCUT2D eigenvalue weighted by Gasteiger charge is 2.29. The van der Waals surface area contributed by atoms with Crippen LogP contribution >= 0.6 is 0 Å². The summed E-state index contributed by atoms with van der Waals surface area (Å²) in [5.41, 5.74) is 1.80. The van der Waals surface area contributed by atoms with Gasteiger partial charge in [0.25, 0.3) is 5.91 Å². The predicted molar refractivity (Wildman–Crippen MR) is 111 cm³/mol. The molecule has 0 atom stereocenters. The summed E-state index contributed by atoms with van der Waals surface area (Å²) in [6.07, 6.45) is 0. The van der Waals surface area contributed by atoms with E-state index in [0.29, 0.717) is 39.3 Å². The lowest BCUT2D eigenvalue weighted by Gasteiger charge is -2.31. The molecule has 2 N–H and O–H groups in total. The Labute approximate surface area is 172 Å². The largest absolute Gasteiger partial charge is 0.497 e. The number of sulfonamides is 1. The topological polar surface area (TPSA) is 80.2 Å². The third kappa shape index (κ3) is 6.28. The molecule has 1 saturated heterocycles. The van der Waals surface area contributed by atoms with E-state index < -0.39 is 10.0 Å². The Bertz CT molecular complexity index is 893. The second-order valence-electron chi connectivity index (χ2n) is 7.19. The first kappa shape index (κ1) is 21.3. The minimum atomic E-state index is -3.33. The first-order valence-corrected chi connectivity index (χ1v) is 11.3. The van der Waals surface area contributed by atoms with E-state index in [0.717, 1.165) is 21.8 Å². The molecule has 0 spiro atoms. The third-order valence-corrected chi connectivity index (χ3v) is 6.92. The molecule has 2 aromatic carbocycles. The van der Waals surface area contributed by atoms with E-state index in [1.165, 1.54) is 0 Å². The fraction of sp³-hybridized carbons (Fsp3) is 0.381. The Morgan fingerprint density at radius 2 is 1.69 bits per heavy atom. The molecule has 0 saturated carbocycles. The van der Waals surface area contributed by atoms with Gasteiger partial charge in [-0.25, -0.2) is 8.42 Å². The van der Waals surface area contributed by atoms with Crippen molar-refractivity contribution < 1.29 is 22.8 Å². The molecule has 0 aliphatic carbocycles. The summed E-state index contributed by atoms with van der Waals surface area (Å²) in [4.78, 5) is 13.3. The molecule has 0 aromatic heterocycles. The molecule has 29 heavy (non-hydrogen) atoms. The van der Waals surface area contributed by atoms with Crippen LogP contribution in [0.25, 0.3) is 0 Å². The van der Waals surface area contributed by atoms with Gasteiger partial charge in [-0.1, -0.05) is 42.5 Å². The summed E-state index contributed by atoms with van der Waals surface area (Å²) in [7, 11) is -1.71. The molecule has 1 aliphatic heterocycles. The third-order valence-electron chi connectivity index (χ3n) is 5.07. The molecular formula is C21H28N3O4S+. The van der Waals surface area contributed by atoms with Crippen LogP contribution in [-0.2, 0) is 27.1 Å². The number of hydrogen-bond donors (Lipinski definition) is 2. The minimum absolute atomic E-state index is 0.0194. The van der Waals surface area contributed by atoms with Crippen molar-refractivity contribution in [2.75, 3.05) is 39.8 Å². The maximum absolute atomic E-state index is 12.6. The van der Waals surface area contributed by atoms with Gasteiger partial charge in [0, 0.05) is 6.54 Å². The summed E-state index contributed by atoms with van der Waals surface area (Å²) in [6.45, 7) is 2.96. The van der Waals surface area contributed by atoms with Crippen molar-refractivity contribution in [3.05, 3.63) is 65.7 Å². The zero-order valence-electron chi connectivity index (χ0n) is 16.6. The summed E-state index contributed by atoms with van der Waals surface area (Å²) in [5.74, 6) is 0.770. The number of piperazine rings is 1. The maximum Gasteiger partial charge on any atom is 0.275 e. The Hall–Kier alpha value is -2.42. The fourth-order valence-electron chi connectivity index (χ4n) is 3.37. The molecule has 1 heterocycles. The second kappa shape index (κ2) is 9.87. The predicted octanol–water partition coefficient (Wildman–Crippen LogP) is 0.0419. The average molecular weight is 419 g/mol. The first-order valence-electron chi connectivity index (χ1n) is 9.71. The first-order chi connectivity index (χ1) is 14.0. The Morgan fingerprint density at radius 3 is 2.31 bits per heavy atom. The molecule has 156 valence electrons. The molecule has 8 heteroatoms. The van der Waals surface area contributed by atoms with Gasteiger partial charge in [0.05, 0.1) is 39.0 Å². The molecular weight excluding hydrogens is 390 g/mol. The number of nitrogens with zero attached hydrogens (tertiary/aromatic N) is 1. The van der Waals surface area contributed by atoms with Crippen LogP contribution in [0.2, 0.25) is 0 Å². The number of quaternary nitrogens is 1. The monoisotopic (exact) mass is 418 g/mol. The van der Waals surface area contributed by atoms with Crippen LogP contribution in [-0.4, -0.2) is 58.5 Å². The Morgan fingerprint density at radius 1 is 1.03 bits per heavy atom. The number of ether oxygens (including phenoxy) is 1. The van der Waals surface area contributed by atoms with Gasteiger partial charge in [-0.2, -0.15) is 4.31 Å². The Balaban J connectivity index is 1.42. The zero-order chi connectivity index (χ0) is 20.7. The fourth-order valence-corrected chi connectivity index (χ4v) is 4.90. The standard InChI is InChI=1S/C21H27N3O4S/c1-28-20-9-7-18(8-10-20)15-22-21(25)16-23-11-13-24(14-12-23)29(26,27)17-19-5-3-2-4-6-19/h2-10H,11-17H2,1H3,(H,22,25)/p+1. The normalized spacial score (nSPS) is 15.8. The van der Waals surface area contributed by atoms with Crippen LogP contribution in [0.4, 0.5) is 0 Å². The van der Waals surface area contributed by atoms with Crippen molar-refractivity contribution in [1.82, 2.24) is 9.62 Å². The quantitative estimate of drug-likeness (QED) is 0.635. The van der Waals surface area contributed by atoms with Crippen LogP contribution in [0.3, 0.4) is 0 Å². The van der Waals surface area contributed by atoms with Crippen molar-refractivity contribution >= 4 is 15.9 Å². The second-order valence-corrected chi connectivity index (χ2v) is 9.16. The zero-order valence-corrected chi connectivity index (χ0v) is 17.5. The number of benzene rings is 2. The summed E-state index contributed by atoms with van der Waals surface area (Å²) in [5, 5.41) is 2.93. The minimum Gasteiger partial charge on any atom is -0.497 e. The van der Waals surface area contributed by atoms with Crippen molar-refractivity contribution in [2.24, 2.45) is 0 Å². The number of rotatable bonds is 8. The van der Waals surface area contributed by atoms with E-state index in [1.807, 2.05) is 54.6 Å². The van der Waals surface area contributed by atoms with E-state index >= 15 is 0 Å². The molecule has 1 amide bonds. The molecule has 2 aromatic rings. The van der Waals surface area contributed by atoms with Crippen molar-refractivity contribution in [3.8, 4) is 5.75 Å². The molecule has 3 rings (SSSR count). The van der Waals surface area contributed by atoms with Gasteiger partial charge >= 0.3 is 0 Å². The number of amides is 1. The van der Waals surface area contributed by atoms with Crippen LogP contribution in [0.1, 0.15) is 11.1 Å². The van der Waals surface area contributed by atoms with E-state index in [2.05, 4.69) is 5.32 Å². The lowest BCUT2D eigenvalue weighted by Crippen LogP contribution is -3.15.